The lowest BCUT2D eigenvalue weighted by atomic mass is 15.8. The number of hydrogen-bond acceptors (Lipinski definition) is 2. The van der Waals surface area contributed by atoms with Gasteiger partial charge >= 0.3 is 25.9 Å². The molecule has 2 N–H and O–H groups in total. The fourth-order valence-corrected chi connectivity index (χ4v) is 0. The first kappa shape index (κ1) is 11.9. The van der Waals surface area contributed by atoms with Gasteiger partial charge in [-0.25, -0.2) is 0 Å². The van der Waals surface area contributed by atoms with Crippen molar-refractivity contribution < 1.29 is 28.1 Å². The summed E-state index contributed by atoms with van der Waals surface area (Å²) in [5, 5.41) is 0. The number of halogens is 3. The lowest BCUT2D eigenvalue weighted by molar-refractivity contribution is 0.381. The second-order valence-electron chi connectivity index (χ2n) is 0.695. The Balaban J connectivity index is 0. The molecule has 0 aromatic heterocycles. The first-order valence-electron chi connectivity index (χ1n) is 1.35. The largest absolute Gasteiger partial charge is 1.04 e. The van der Waals surface area contributed by atoms with Crippen LogP contribution in [0.5, 0.6) is 0 Å². The molecule has 0 heterocycles. The second-order valence-corrected chi connectivity index (χ2v) is 2.09. The van der Waals surface area contributed by atoms with E-state index >= 15 is 0 Å². The summed E-state index contributed by atoms with van der Waals surface area (Å²) in [5.74, 6) is 0. The van der Waals surface area contributed by atoms with Gasteiger partial charge < -0.3 is 10.6 Å². The predicted octanol–water partition coefficient (Wildman–Crippen LogP) is 0.227. The van der Waals surface area contributed by atoms with Crippen LogP contribution in [-0.4, -0.2) is 33.1 Å². The highest BCUT2D eigenvalue weighted by Crippen LogP contribution is 1.80. The van der Waals surface area contributed by atoms with Crippen LogP contribution in [0.4, 0.5) is 10.6 Å². The van der Waals surface area contributed by atoms with Crippen molar-refractivity contribution in [2.24, 2.45) is 0 Å². The minimum atomic E-state index is -4.67. The third-order valence-corrected chi connectivity index (χ3v) is 0. The van der Waals surface area contributed by atoms with Gasteiger partial charge in [0.2, 0.25) is 0 Å². The van der Waals surface area contributed by atoms with Crippen LogP contribution < -0.4 is 0 Å². The lowest BCUT2D eigenvalue weighted by Crippen LogP contribution is -1.89. The summed E-state index contributed by atoms with van der Waals surface area (Å²) in [6, 6.07) is 0. The molecule has 0 fully saturated rings. The van der Waals surface area contributed by atoms with Gasteiger partial charge in [0.25, 0.3) is 0 Å². The molecule has 0 aliphatic carbocycles. The highest BCUT2D eigenvalue weighted by Gasteiger charge is 2.21. The van der Waals surface area contributed by atoms with Gasteiger partial charge in [-0.3, -0.25) is 9.11 Å². The van der Waals surface area contributed by atoms with Gasteiger partial charge in [-0.15, -0.1) is 0 Å². The van der Waals surface area contributed by atoms with Gasteiger partial charge in [0.05, 0.1) is 0 Å². The van der Waals surface area contributed by atoms with Gasteiger partial charge in [0, 0.05) is 0 Å². The highest BCUT2D eigenvalue weighted by molar-refractivity contribution is 7.79. The van der Waals surface area contributed by atoms with E-state index in [9.17, 15) is 10.6 Å². The van der Waals surface area contributed by atoms with Crippen LogP contribution in [0.3, 0.4) is 0 Å². The Morgan fingerprint density at radius 1 is 1.11 bits per heavy atom. The van der Waals surface area contributed by atoms with E-state index in [1.54, 1.807) is 0 Å². The fourth-order valence-electron chi connectivity index (χ4n) is 0. The summed E-state index contributed by atoms with van der Waals surface area (Å²) in [4.78, 5) is 0. The molecule has 0 spiro atoms. The van der Waals surface area contributed by atoms with E-state index in [4.69, 9.17) is 17.5 Å². The molecule has 9 heteroatoms. The van der Waals surface area contributed by atoms with Crippen molar-refractivity contribution in [1.82, 2.24) is 0 Å². The monoisotopic (exact) mass is 182 g/mol. The molecule has 0 saturated heterocycles. The Bertz CT molecular complexity index is 127. The fraction of sp³-hybridized carbons (Fsp3) is 0. The Hall–Kier alpha value is 0.192. The first-order valence-corrected chi connectivity index (χ1v) is 4.06. The Kier molecular flexibility index (Phi) is 6.65. The summed E-state index contributed by atoms with van der Waals surface area (Å²) < 4.78 is 61.0. The van der Waals surface area contributed by atoms with Crippen LogP contribution in [-0.2, 0) is 10.4 Å². The highest BCUT2D eigenvalue weighted by atomic mass is 32.3. The van der Waals surface area contributed by atoms with E-state index < -0.39 is 25.9 Å². The third-order valence-electron chi connectivity index (χ3n) is 0. The number of rotatable bonds is 0. The van der Waals surface area contributed by atoms with Crippen molar-refractivity contribution in [3.63, 3.8) is 0 Å². The molecule has 0 radical (unpaired) electrons. The predicted molar refractivity (Wildman–Crippen MR) is 23.3 cm³/mol. The minimum absolute atomic E-state index is 4.64. The standard InChI is InChI=1S/Al.3FH.H2O4S/c;;;;1-5(2,3)4/h;3*1H;(H2,1,2,3,4)/q+3;;;;/p-3. The molecule has 9 heavy (non-hydrogen) atoms. The third kappa shape index (κ3) is 8480. The zero-order chi connectivity index (χ0) is 8.08. The lowest BCUT2D eigenvalue weighted by Gasteiger charge is -1.68. The molecule has 0 amide bonds. The summed E-state index contributed by atoms with van der Waals surface area (Å²) in [5.41, 5.74) is 0. The topological polar surface area (TPSA) is 74.6 Å². The molecule has 0 bridgehead atoms. The van der Waals surface area contributed by atoms with Crippen LogP contribution in [0.15, 0.2) is 0 Å². The molecule has 0 saturated carbocycles. The Labute approximate surface area is 54.7 Å². The van der Waals surface area contributed by atoms with Gasteiger partial charge in [-0.2, -0.15) is 8.42 Å². The van der Waals surface area contributed by atoms with Crippen LogP contribution in [0.2, 0.25) is 0 Å². The average molecular weight is 182 g/mol. The zero-order valence-electron chi connectivity index (χ0n) is 3.83. The second kappa shape index (κ2) is 5.02. The molecule has 56 valence electrons. The maximum atomic E-state index is 9.81. The maximum Gasteiger partial charge on any atom is 1.04 e. The summed E-state index contributed by atoms with van der Waals surface area (Å²) in [7, 11) is -4.67. The smallest absolute Gasteiger partial charge is 0.346 e. The van der Waals surface area contributed by atoms with E-state index in [1.807, 2.05) is 0 Å². The molecule has 0 aliphatic heterocycles. The van der Waals surface area contributed by atoms with E-state index in [0.717, 1.165) is 0 Å². The van der Waals surface area contributed by atoms with Crippen molar-refractivity contribution in [3.8, 4) is 0 Å². The molecule has 0 aliphatic rings. The first-order chi connectivity index (χ1) is 3.73. The van der Waals surface area contributed by atoms with Gasteiger partial charge in [-0.1, -0.05) is 0 Å². The average Bonchev–Trinajstić information content (AvgIpc) is 1.19. The van der Waals surface area contributed by atoms with Crippen LogP contribution in [0.1, 0.15) is 0 Å². The molecular weight excluding hydrogens is 180 g/mol. The summed E-state index contributed by atoms with van der Waals surface area (Å²) in [6.07, 6.45) is 0. The van der Waals surface area contributed by atoms with Crippen molar-refractivity contribution in [2.45, 2.75) is 0 Å². The van der Waals surface area contributed by atoms with Gasteiger partial charge in [0.1, 0.15) is 0 Å². The Morgan fingerprint density at radius 3 is 1.11 bits per heavy atom. The van der Waals surface area contributed by atoms with Crippen LogP contribution >= 0.6 is 0 Å². The van der Waals surface area contributed by atoms with Gasteiger partial charge in [-0.05, 0) is 0 Å². The van der Waals surface area contributed by atoms with Crippen molar-refractivity contribution in [2.75, 3.05) is 0 Å². The molecule has 0 aromatic rings. The van der Waals surface area contributed by atoms with E-state index in [1.165, 1.54) is 0 Å². The molecular formula is H2AlF3O4S. The number of hydrogen-bond donors (Lipinski definition) is 2. The molecule has 4 nitrogen and oxygen atoms in total. The Morgan fingerprint density at radius 2 is 1.11 bits per heavy atom. The van der Waals surface area contributed by atoms with Crippen molar-refractivity contribution >= 4 is 25.9 Å². The molecule has 0 atom stereocenters. The minimum Gasteiger partial charge on any atom is -0.346 e. The van der Waals surface area contributed by atoms with Crippen LogP contribution in [0, 0.1) is 0 Å². The maximum absolute atomic E-state index is 9.81. The normalized spacial score (nSPS) is 9.44. The molecule has 0 rings (SSSR count). The van der Waals surface area contributed by atoms with E-state index in [0.29, 0.717) is 0 Å². The van der Waals surface area contributed by atoms with Crippen molar-refractivity contribution in [3.05, 3.63) is 0 Å². The summed E-state index contributed by atoms with van der Waals surface area (Å²) >= 11 is -4.64. The van der Waals surface area contributed by atoms with Gasteiger partial charge in [0.15, 0.2) is 0 Å². The SMILES string of the molecule is O=S(=O)(O)O.[F][Al]([F])[F]. The van der Waals surface area contributed by atoms with E-state index in [2.05, 4.69) is 0 Å². The zero-order valence-corrected chi connectivity index (χ0v) is 5.80. The van der Waals surface area contributed by atoms with Crippen molar-refractivity contribution in [1.29, 1.82) is 0 Å². The molecule has 0 aromatic carbocycles. The van der Waals surface area contributed by atoms with Crippen LogP contribution in [0.25, 0.3) is 0 Å². The molecule has 0 unspecified atom stereocenters. The summed E-state index contributed by atoms with van der Waals surface area (Å²) in [6.45, 7) is 0. The van der Waals surface area contributed by atoms with E-state index in [-0.39, 0.29) is 0 Å². The quantitative estimate of drug-likeness (QED) is 0.415.